The Morgan fingerprint density at radius 2 is 2.10 bits per heavy atom. The quantitative estimate of drug-likeness (QED) is 0.375. The molecule has 2 rings (SSSR count). The van der Waals surface area contributed by atoms with Gasteiger partial charge in [-0.2, -0.15) is 0 Å². The van der Waals surface area contributed by atoms with Crippen molar-refractivity contribution >= 4 is 35.4 Å². The first-order valence-corrected chi connectivity index (χ1v) is 6.14. The molecule has 0 aliphatic carbocycles. The molecule has 1 heterocycles. The first-order chi connectivity index (χ1) is 9.59. The SMILES string of the molecule is O=C(O/N=C\c1c(F)cccc1Cl)c1cccnc1Cl. The molecule has 0 saturated carbocycles. The number of oxime groups is 1. The summed E-state index contributed by atoms with van der Waals surface area (Å²) < 4.78 is 13.4. The molecule has 7 heteroatoms. The molecule has 0 aliphatic heterocycles. The second-order valence-corrected chi connectivity index (χ2v) is 4.36. The number of rotatable bonds is 3. The number of aromatic nitrogens is 1. The third-order valence-corrected chi connectivity index (χ3v) is 2.93. The van der Waals surface area contributed by atoms with E-state index in [9.17, 15) is 9.18 Å². The standard InChI is InChI=1S/C13H7Cl2FN2O2/c14-10-4-1-5-11(16)9(10)7-18-20-13(19)8-3-2-6-17-12(8)15/h1-7H/b18-7-. The number of benzene rings is 1. The summed E-state index contributed by atoms with van der Waals surface area (Å²) in [5, 5.41) is 3.55. The topological polar surface area (TPSA) is 51.5 Å². The van der Waals surface area contributed by atoms with Crippen molar-refractivity contribution < 1.29 is 14.0 Å². The van der Waals surface area contributed by atoms with Crippen LogP contribution in [-0.4, -0.2) is 17.2 Å². The largest absolute Gasteiger partial charge is 0.368 e. The molecular formula is C13H7Cl2FN2O2. The van der Waals surface area contributed by atoms with Crippen molar-refractivity contribution in [1.29, 1.82) is 0 Å². The van der Waals surface area contributed by atoms with Crippen LogP contribution in [-0.2, 0) is 4.84 Å². The van der Waals surface area contributed by atoms with Crippen molar-refractivity contribution in [3.63, 3.8) is 0 Å². The van der Waals surface area contributed by atoms with E-state index in [4.69, 9.17) is 23.2 Å². The highest BCUT2D eigenvalue weighted by atomic mass is 35.5. The maximum atomic E-state index is 13.4. The summed E-state index contributed by atoms with van der Waals surface area (Å²) in [6.07, 6.45) is 2.45. The van der Waals surface area contributed by atoms with Crippen LogP contribution >= 0.6 is 23.2 Å². The maximum Gasteiger partial charge on any atom is 0.368 e. The van der Waals surface area contributed by atoms with Crippen LogP contribution in [0.4, 0.5) is 4.39 Å². The second kappa shape index (κ2) is 6.45. The summed E-state index contributed by atoms with van der Waals surface area (Å²) in [7, 11) is 0. The van der Waals surface area contributed by atoms with Crippen molar-refractivity contribution in [2.45, 2.75) is 0 Å². The Hall–Kier alpha value is -1.98. The zero-order chi connectivity index (χ0) is 14.5. The lowest BCUT2D eigenvalue weighted by Gasteiger charge is -2.00. The van der Waals surface area contributed by atoms with Crippen LogP contribution < -0.4 is 0 Å². The molecule has 20 heavy (non-hydrogen) atoms. The highest BCUT2D eigenvalue weighted by Gasteiger charge is 2.12. The lowest BCUT2D eigenvalue weighted by Crippen LogP contribution is -2.03. The minimum Gasteiger partial charge on any atom is -0.313 e. The summed E-state index contributed by atoms with van der Waals surface area (Å²) in [6, 6.07) is 7.12. The van der Waals surface area contributed by atoms with Gasteiger partial charge >= 0.3 is 5.97 Å². The van der Waals surface area contributed by atoms with Crippen LogP contribution in [0, 0.1) is 5.82 Å². The first kappa shape index (κ1) is 14.4. The number of carbonyl (C=O) groups is 1. The molecule has 0 radical (unpaired) electrons. The molecular weight excluding hydrogens is 306 g/mol. The van der Waals surface area contributed by atoms with Crippen LogP contribution in [0.5, 0.6) is 0 Å². The zero-order valence-corrected chi connectivity index (χ0v) is 11.4. The van der Waals surface area contributed by atoms with Crippen molar-refractivity contribution in [2.24, 2.45) is 5.16 Å². The van der Waals surface area contributed by atoms with Crippen molar-refractivity contribution in [2.75, 3.05) is 0 Å². The molecule has 1 aromatic carbocycles. The Morgan fingerprint density at radius 1 is 1.30 bits per heavy atom. The Kier molecular flexibility index (Phi) is 4.65. The number of hydrogen-bond donors (Lipinski definition) is 0. The fraction of sp³-hybridized carbons (Fsp3) is 0. The van der Waals surface area contributed by atoms with Gasteiger partial charge in [-0.05, 0) is 24.3 Å². The lowest BCUT2D eigenvalue weighted by molar-refractivity contribution is 0.0519. The molecule has 0 spiro atoms. The van der Waals surface area contributed by atoms with E-state index in [1.807, 2.05) is 0 Å². The molecule has 0 aliphatic rings. The first-order valence-electron chi connectivity index (χ1n) is 5.39. The Labute approximate surface area is 123 Å². The van der Waals surface area contributed by atoms with E-state index < -0.39 is 11.8 Å². The normalized spacial score (nSPS) is 10.8. The Morgan fingerprint density at radius 3 is 2.80 bits per heavy atom. The molecule has 0 fully saturated rings. The average molecular weight is 313 g/mol. The van der Waals surface area contributed by atoms with E-state index in [-0.39, 0.29) is 21.3 Å². The van der Waals surface area contributed by atoms with Gasteiger partial charge in [0.05, 0.1) is 22.4 Å². The highest BCUT2D eigenvalue weighted by molar-refractivity contribution is 6.33. The van der Waals surface area contributed by atoms with Gasteiger partial charge < -0.3 is 4.84 Å². The molecule has 0 amide bonds. The summed E-state index contributed by atoms with van der Waals surface area (Å²) in [5.41, 5.74) is 0.0881. The van der Waals surface area contributed by atoms with E-state index in [1.165, 1.54) is 36.5 Å². The van der Waals surface area contributed by atoms with Gasteiger partial charge in [0, 0.05) is 6.20 Å². The number of nitrogens with zero attached hydrogens (tertiary/aromatic N) is 2. The summed E-state index contributed by atoms with van der Waals surface area (Å²) >= 11 is 11.5. The lowest BCUT2D eigenvalue weighted by atomic mass is 10.2. The molecule has 0 atom stereocenters. The van der Waals surface area contributed by atoms with E-state index in [0.717, 1.165) is 6.21 Å². The van der Waals surface area contributed by atoms with Crippen LogP contribution in [0.2, 0.25) is 10.2 Å². The zero-order valence-electron chi connectivity index (χ0n) is 9.89. The molecule has 102 valence electrons. The van der Waals surface area contributed by atoms with Crippen LogP contribution in [0.1, 0.15) is 15.9 Å². The smallest absolute Gasteiger partial charge is 0.313 e. The number of halogens is 3. The number of pyridine rings is 1. The molecule has 0 saturated heterocycles. The highest BCUT2D eigenvalue weighted by Crippen LogP contribution is 2.17. The maximum absolute atomic E-state index is 13.4. The number of carbonyl (C=O) groups excluding carboxylic acids is 1. The van der Waals surface area contributed by atoms with E-state index >= 15 is 0 Å². The molecule has 4 nitrogen and oxygen atoms in total. The number of hydrogen-bond acceptors (Lipinski definition) is 4. The third kappa shape index (κ3) is 3.31. The average Bonchev–Trinajstić information content (AvgIpc) is 2.42. The van der Waals surface area contributed by atoms with Crippen molar-refractivity contribution in [3.8, 4) is 0 Å². The van der Waals surface area contributed by atoms with Crippen LogP contribution in [0.3, 0.4) is 0 Å². The summed E-state index contributed by atoms with van der Waals surface area (Å²) in [4.78, 5) is 20.0. The molecule has 1 aromatic heterocycles. The van der Waals surface area contributed by atoms with Gasteiger partial charge in [0.2, 0.25) is 0 Å². The van der Waals surface area contributed by atoms with Crippen LogP contribution in [0.25, 0.3) is 0 Å². The molecule has 0 N–H and O–H groups in total. The predicted octanol–water partition coefficient (Wildman–Crippen LogP) is 3.72. The second-order valence-electron chi connectivity index (χ2n) is 3.59. The fourth-order valence-electron chi connectivity index (χ4n) is 1.35. The minimum atomic E-state index is -0.799. The van der Waals surface area contributed by atoms with Gasteiger partial charge in [-0.1, -0.05) is 34.4 Å². The van der Waals surface area contributed by atoms with Gasteiger partial charge in [-0.25, -0.2) is 14.2 Å². The van der Waals surface area contributed by atoms with Gasteiger partial charge in [-0.3, -0.25) is 0 Å². The van der Waals surface area contributed by atoms with Crippen molar-refractivity contribution in [1.82, 2.24) is 4.98 Å². The molecule has 0 bridgehead atoms. The summed E-state index contributed by atoms with van der Waals surface area (Å²) in [5.74, 6) is -1.37. The third-order valence-electron chi connectivity index (χ3n) is 2.30. The van der Waals surface area contributed by atoms with Crippen LogP contribution in [0.15, 0.2) is 41.7 Å². The van der Waals surface area contributed by atoms with Crippen molar-refractivity contribution in [3.05, 3.63) is 63.6 Å². The monoisotopic (exact) mass is 312 g/mol. The summed E-state index contributed by atoms with van der Waals surface area (Å²) in [6.45, 7) is 0. The fourth-order valence-corrected chi connectivity index (χ4v) is 1.76. The van der Waals surface area contributed by atoms with E-state index in [0.29, 0.717) is 0 Å². The predicted molar refractivity (Wildman–Crippen MR) is 73.7 cm³/mol. The molecule has 0 unspecified atom stereocenters. The van der Waals surface area contributed by atoms with Gasteiger partial charge in [0.25, 0.3) is 0 Å². The van der Waals surface area contributed by atoms with E-state index in [2.05, 4.69) is 15.0 Å². The Bertz CT molecular complexity index is 657. The van der Waals surface area contributed by atoms with Gasteiger partial charge in [-0.15, -0.1) is 0 Å². The Balaban J connectivity index is 2.11. The van der Waals surface area contributed by atoms with Gasteiger partial charge in [0.1, 0.15) is 11.0 Å². The molecule has 2 aromatic rings. The van der Waals surface area contributed by atoms with E-state index in [1.54, 1.807) is 0 Å². The van der Waals surface area contributed by atoms with Gasteiger partial charge in [0.15, 0.2) is 0 Å². The minimum absolute atomic E-state index is 0.00313.